The highest BCUT2D eigenvalue weighted by Crippen LogP contribution is 2.29. The van der Waals surface area contributed by atoms with Crippen LogP contribution in [0.3, 0.4) is 0 Å². The van der Waals surface area contributed by atoms with E-state index in [0.29, 0.717) is 51.7 Å². The van der Waals surface area contributed by atoms with Gasteiger partial charge in [0, 0.05) is 69.9 Å². The first kappa shape index (κ1) is 33.3. The molecule has 2 amide bonds. The number of halogens is 2. The Labute approximate surface area is 290 Å². The predicted molar refractivity (Wildman–Crippen MR) is 190 cm³/mol. The monoisotopic (exact) mass is 685 g/mol. The van der Waals surface area contributed by atoms with Gasteiger partial charge in [0.25, 0.3) is 11.8 Å². The normalized spacial score (nSPS) is 13.5. The Morgan fingerprint density at radius 3 is 2.31 bits per heavy atom. The number of aryl methyl sites for hydroxylation is 1. The number of aromatic nitrogens is 2. The van der Waals surface area contributed by atoms with E-state index in [1.807, 2.05) is 52.9 Å². The Bertz CT molecular complexity index is 1920. The van der Waals surface area contributed by atoms with Gasteiger partial charge in [-0.05, 0) is 66.6 Å². The van der Waals surface area contributed by atoms with Crippen LogP contribution in [0.25, 0.3) is 10.9 Å². The van der Waals surface area contributed by atoms with Crippen molar-refractivity contribution >= 4 is 51.6 Å². The molecule has 0 saturated carbocycles. The molecule has 3 aromatic carbocycles. The zero-order valence-electron chi connectivity index (χ0n) is 27.2. The van der Waals surface area contributed by atoms with Crippen LogP contribution in [0, 0.1) is 0 Å². The minimum absolute atomic E-state index is 0.0186. The number of fused-ring (bicyclic) bond motifs is 1. The van der Waals surface area contributed by atoms with Crippen LogP contribution in [-0.4, -0.2) is 71.0 Å². The van der Waals surface area contributed by atoms with Gasteiger partial charge in [-0.1, -0.05) is 42.3 Å². The van der Waals surface area contributed by atoms with Gasteiger partial charge in [-0.3, -0.25) is 14.5 Å². The summed E-state index contributed by atoms with van der Waals surface area (Å²) in [5.74, 6) is 1.63. The van der Waals surface area contributed by atoms with Gasteiger partial charge in [-0.25, -0.2) is 4.98 Å². The molecule has 6 rings (SSSR count). The third-order valence-electron chi connectivity index (χ3n) is 8.50. The molecule has 5 aromatic rings. The zero-order chi connectivity index (χ0) is 33.8. The second-order valence-corrected chi connectivity index (χ2v) is 12.6. The van der Waals surface area contributed by atoms with Gasteiger partial charge in [0.05, 0.1) is 34.1 Å². The van der Waals surface area contributed by atoms with Crippen molar-refractivity contribution in [3.05, 3.63) is 112 Å². The van der Waals surface area contributed by atoms with Crippen LogP contribution in [0.1, 0.15) is 39.8 Å². The molecule has 0 spiro atoms. The molecule has 0 atom stereocenters. The van der Waals surface area contributed by atoms with E-state index in [1.54, 1.807) is 43.6 Å². The number of anilines is 1. The summed E-state index contributed by atoms with van der Waals surface area (Å²) in [5.41, 5.74) is 3.75. The molecule has 248 valence electrons. The van der Waals surface area contributed by atoms with Gasteiger partial charge in [0.1, 0.15) is 17.2 Å². The fourth-order valence-corrected chi connectivity index (χ4v) is 6.01. The second kappa shape index (κ2) is 14.7. The molecule has 0 radical (unpaired) electrons. The van der Waals surface area contributed by atoms with Crippen LogP contribution in [0.15, 0.2) is 85.1 Å². The summed E-state index contributed by atoms with van der Waals surface area (Å²) < 4.78 is 13.7. The molecule has 1 aliphatic rings. The highest BCUT2D eigenvalue weighted by molar-refractivity contribution is 6.42. The number of piperazine rings is 1. The predicted octanol–water partition coefficient (Wildman–Crippen LogP) is 7.70. The lowest BCUT2D eigenvalue weighted by Crippen LogP contribution is -2.48. The molecule has 3 heterocycles. The molecule has 1 saturated heterocycles. The Kier molecular flexibility index (Phi) is 10.2. The zero-order valence-corrected chi connectivity index (χ0v) is 28.7. The molecule has 0 N–H and O–H groups in total. The van der Waals surface area contributed by atoms with E-state index in [-0.39, 0.29) is 11.8 Å². The fraction of sp³-hybridized carbons (Fsp3) is 0.270. The third kappa shape index (κ3) is 7.44. The summed E-state index contributed by atoms with van der Waals surface area (Å²) in [5, 5.41) is 1.65. The number of nitrogens with zero attached hydrogens (tertiary/aromatic N) is 5. The molecule has 0 aliphatic carbocycles. The number of hydrogen-bond acceptors (Lipinski definition) is 6. The van der Waals surface area contributed by atoms with Gasteiger partial charge in [0.2, 0.25) is 5.88 Å². The van der Waals surface area contributed by atoms with Crippen LogP contribution >= 0.6 is 23.2 Å². The highest BCUT2D eigenvalue weighted by atomic mass is 35.5. The number of carbonyl (C=O) groups is 2. The van der Waals surface area contributed by atoms with E-state index in [1.165, 1.54) is 10.5 Å². The van der Waals surface area contributed by atoms with Crippen LogP contribution in [0.2, 0.25) is 10.0 Å². The van der Waals surface area contributed by atoms with Gasteiger partial charge >= 0.3 is 0 Å². The topological polar surface area (TPSA) is 80.1 Å². The van der Waals surface area contributed by atoms with Crippen LogP contribution < -0.4 is 14.4 Å². The summed E-state index contributed by atoms with van der Waals surface area (Å²) in [6, 6.07) is 24.1. The lowest BCUT2D eigenvalue weighted by molar-refractivity contribution is 0.0619. The van der Waals surface area contributed by atoms with E-state index >= 15 is 0 Å². The minimum Gasteiger partial charge on any atom is -0.494 e. The quantitative estimate of drug-likeness (QED) is 0.150. The lowest BCUT2D eigenvalue weighted by Gasteiger charge is -2.34. The van der Waals surface area contributed by atoms with Crippen LogP contribution in [0.5, 0.6) is 17.4 Å². The second-order valence-electron chi connectivity index (χ2n) is 11.8. The number of carbonyl (C=O) groups excluding carboxylic acids is 2. The molecular formula is C37H37Cl2N5O4. The minimum atomic E-state index is -0.246. The Balaban J connectivity index is 1.06. The van der Waals surface area contributed by atoms with E-state index in [4.69, 9.17) is 32.7 Å². The fourth-order valence-electron chi connectivity index (χ4n) is 5.71. The molecule has 0 unspecified atom stereocenters. The number of rotatable bonds is 10. The Hall–Kier alpha value is -4.57. The lowest BCUT2D eigenvalue weighted by atomic mass is 10.2. The number of benzene rings is 3. The molecule has 1 aliphatic heterocycles. The van der Waals surface area contributed by atoms with Crippen molar-refractivity contribution < 1.29 is 19.1 Å². The summed E-state index contributed by atoms with van der Waals surface area (Å²) in [6.45, 7) is 6.63. The first-order valence-electron chi connectivity index (χ1n) is 15.9. The van der Waals surface area contributed by atoms with Crippen molar-refractivity contribution in [2.24, 2.45) is 7.05 Å². The van der Waals surface area contributed by atoms with E-state index in [9.17, 15) is 9.59 Å². The van der Waals surface area contributed by atoms with Crippen LogP contribution in [-0.2, 0) is 13.6 Å². The maximum absolute atomic E-state index is 13.6. The number of amides is 2. The van der Waals surface area contributed by atoms with Crippen molar-refractivity contribution in [2.75, 3.05) is 44.7 Å². The van der Waals surface area contributed by atoms with Crippen molar-refractivity contribution in [2.45, 2.75) is 19.9 Å². The summed E-state index contributed by atoms with van der Waals surface area (Å²) in [4.78, 5) is 36.7. The smallest absolute Gasteiger partial charge is 0.270 e. The Morgan fingerprint density at radius 1 is 0.875 bits per heavy atom. The van der Waals surface area contributed by atoms with Crippen molar-refractivity contribution in [3.63, 3.8) is 0 Å². The largest absolute Gasteiger partial charge is 0.494 e. The molecule has 2 aromatic heterocycles. The molecule has 48 heavy (non-hydrogen) atoms. The summed E-state index contributed by atoms with van der Waals surface area (Å²) in [7, 11) is 3.56. The van der Waals surface area contributed by atoms with Gasteiger partial charge < -0.3 is 23.8 Å². The van der Waals surface area contributed by atoms with Crippen molar-refractivity contribution in [1.29, 1.82) is 0 Å². The van der Waals surface area contributed by atoms with E-state index < -0.39 is 0 Å². The Morgan fingerprint density at radius 2 is 1.62 bits per heavy atom. The molecule has 9 nitrogen and oxygen atoms in total. The number of pyridine rings is 1. The van der Waals surface area contributed by atoms with Crippen molar-refractivity contribution in [3.8, 4) is 17.4 Å². The first-order chi connectivity index (χ1) is 23.2. The van der Waals surface area contributed by atoms with Crippen LogP contribution in [0.4, 0.5) is 5.69 Å². The van der Waals surface area contributed by atoms with Gasteiger partial charge in [-0.15, -0.1) is 0 Å². The average molecular weight is 687 g/mol. The average Bonchev–Trinajstić information content (AvgIpc) is 3.44. The first-order valence-corrected chi connectivity index (χ1v) is 16.7. The third-order valence-corrected chi connectivity index (χ3v) is 9.24. The maximum atomic E-state index is 13.6. The molecule has 11 heteroatoms. The van der Waals surface area contributed by atoms with E-state index in [0.717, 1.165) is 49.3 Å². The SMILES string of the molecule is CCCOc1ccc(CN2CCN(C(=O)c3cc4ccc(Oc5ccc(N(C)C(=O)c6ccc(Cl)c(Cl)c6)cn5)cc4n3C)CC2)cc1. The van der Waals surface area contributed by atoms with E-state index in [2.05, 4.69) is 28.9 Å². The molecular weight excluding hydrogens is 649 g/mol. The van der Waals surface area contributed by atoms with Gasteiger partial charge in [-0.2, -0.15) is 0 Å². The van der Waals surface area contributed by atoms with Gasteiger partial charge in [0.15, 0.2) is 0 Å². The molecule has 0 bridgehead atoms. The summed E-state index contributed by atoms with van der Waals surface area (Å²) >= 11 is 12.1. The maximum Gasteiger partial charge on any atom is 0.270 e. The highest BCUT2D eigenvalue weighted by Gasteiger charge is 2.25. The molecule has 1 fully saturated rings. The number of hydrogen-bond donors (Lipinski definition) is 0. The van der Waals surface area contributed by atoms with Crippen molar-refractivity contribution in [1.82, 2.24) is 19.4 Å². The number of ether oxygens (including phenoxy) is 2. The summed E-state index contributed by atoms with van der Waals surface area (Å²) in [6.07, 6.45) is 2.56. The standard InChI is InChI=1S/C37H37Cl2N5O4/c1-4-19-47-29-10-5-25(6-11-29)24-43-15-17-44(18-16-43)37(46)34-21-26-7-12-30(22-33(26)42(34)3)48-35-14-9-28(23-40-35)41(2)36(45)27-8-13-31(38)32(39)20-27/h5-14,20-23H,4,15-19,24H2,1-3H3.